The Balaban J connectivity index is 0.000000924. The van der Waals surface area contributed by atoms with Crippen LogP contribution in [-0.4, -0.2) is 23.9 Å². The molecule has 0 saturated heterocycles. The Kier molecular flexibility index (Phi) is 5.19. The van der Waals surface area contributed by atoms with Crippen molar-refractivity contribution in [2.24, 2.45) is 7.05 Å². The van der Waals surface area contributed by atoms with E-state index in [0.29, 0.717) is 0 Å². The molecule has 0 aliphatic carbocycles. The van der Waals surface area contributed by atoms with E-state index in [9.17, 15) is 0 Å². The van der Waals surface area contributed by atoms with E-state index >= 15 is 0 Å². The molecule has 0 amide bonds. The molecule has 0 aliphatic heterocycles. The summed E-state index contributed by atoms with van der Waals surface area (Å²) in [6.45, 7) is 12.8. The third-order valence-corrected chi connectivity index (χ3v) is 4.36. The summed E-state index contributed by atoms with van der Waals surface area (Å²) in [7, 11) is 1.94. The Morgan fingerprint density at radius 3 is 2.43 bits per heavy atom. The number of aryl methyl sites for hydroxylation is 2. The molecular weight excluding hydrogens is 304 g/mol. The highest BCUT2D eigenvalue weighted by Crippen LogP contribution is 2.38. The van der Waals surface area contributed by atoms with Crippen molar-refractivity contribution in [3.8, 4) is 11.3 Å². The van der Waals surface area contributed by atoms with Crippen molar-refractivity contribution in [3.63, 3.8) is 0 Å². The smallest absolute Gasteiger partial charge is 0.137 e. The normalized spacial score (nSPS) is 11.4. The summed E-state index contributed by atoms with van der Waals surface area (Å²) in [5.41, 5.74) is 4.25. The fraction of sp³-hybridized carbons (Fsp3) is 0.444. The van der Waals surface area contributed by atoms with E-state index in [1.54, 1.807) is 0 Å². The summed E-state index contributed by atoms with van der Waals surface area (Å²) in [6.07, 6.45) is 6.06. The van der Waals surface area contributed by atoms with Gasteiger partial charge in [0.2, 0.25) is 0 Å². The fourth-order valence-electron chi connectivity index (χ4n) is 2.30. The quantitative estimate of drug-likeness (QED) is 0.623. The van der Waals surface area contributed by atoms with Crippen LogP contribution in [-0.2, 0) is 7.05 Å². The zero-order chi connectivity index (χ0) is 17.2. The molecule has 0 aliphatic rings. The highest BCUT2D eigenvalue weighted by molar-refractivity contribution is 8.00. The van der Waals surface area contributed by atoms with Gasteiger partial charge in [0.25, 0.3) is 0 Å². The first-order chi connectivity index (χ1) is 10.8. The van der Waals surface area contributed by atoms with E-state index in [2.05, 4.69) is 54.4 Å². The number of thioether (sulfide) groups is 1. The molecule has 0 radical (unpaired) electrons. The maximum Gasteiger partial charge on any atom is 0.137 e. The third kappa shape index (κ3) is 3.96. The third-order valence-electron chi connectivity index (χ3n) is 3.20. The van der Waals surface area contributed by atoms with Gasteiger partial charge in [-0.1, -0.05) is 34.6 Å². The lowest BCUT2D eigenvalue weighted by molar-refractivity contribution is 0.770. The van der Waals surface area contributed by atoms with E-state index in [0.717, 1.165) is 22.6 Å². The van der Waals surface area contributed by atoms with Gasteiger partial charge in [0.05, 0.1) is 5.69 Å². The standard InChI is InChI=1S/C16H20N4S.C2H6/c1-11-9-17-15-8-12(13-6-7-19(5)18-13)14(10-20(11)15)21-16(2,3)4;1-2/h6-10H,1-5H3;1-2H3. The lowest BCUT2D eigenvalue weighted by Crippen LogP contribution is -2.08. The number of hydrogen-bond donors (Lipinski definition) is 0. The van der Waals surface area contributed by atoms with Crippen molar-refractivity contribution in [3.05, 3.63) is 36.4 Å². The predicted molar refractivity (Wildman–Crippen MR) is 99.1 cm³/mol. The van der Waals surface area contributed by atoms with Gasteiger partial charge in [0.1, 0.15) is 5.65 Å². The SMILES string of the molecule is CC.Cc1cnc2cc(-c3ccn(C)n3)c(SC(C)(C)C)cn12. The summed E-state index contributed by atoms with van der Waals surface area (Å²) < 4.78 is 4.12. The molecule has 3 heterocycles. The average molecular weight is 331 g/mol. The van der Waals surface area contributed by atoms with E-state index in [4.69, 9.17) is 0 Å². The Labute approximate surface area is 142 Å². The number of fused-ring (bicyclic) bond motifs is 1. The molecule has 4 nitrogen and oxygen atoms in total. The summed E-state index contributed by atoms with van der Waals surface area (Å²) in [4.78, 5) is 5.70. The Hall–Kier alpha value is -1.75. The van der Waals surface area contributed by atoms with Crippen molar-refractivity contribution in [2.75, 3.05) is 0 Å². The molecule has 3 rings (SSSR count). The van der Waals surface area contributed by atoms with Gasteiger partial charge >= 0.3 is 0 Å². The van der Waals surface area contributed by atoms with Gasteiger partial charge in [-0.15, -0.1) is 11.8 Å². The molecule has 124 valence electrons. The molecule has 0 saturated carbocycles. The molecular formula is C18H26N4S. The zero-order valence-corrected chi connectivity index (χ0v) is 15.9. The minimum Gasteiger partial charge on any atom is -0.303 e. The van der Waals surface area contributed by atoms with Gasteiger partial charge < -0.3 is 4.40 Å². The minimum absolute atomic E-state index is 0.145. The Bertz CT molecular complexity index is 793. The van der Waals surface area contributed by atoms with Crippen LogP contribution in [0.3, 0.4) is 0 Å². The van der Waals surface area contributed by atoms with Crippen LogP contribution in [0.25, 0.3) is 16.9 Å². The van der Waals surface area contributed by atoms with Gasteiger partial charge in [0.15, 0.2) is 0 Å². The van der Waals surface area contributed by atoms with Crippen molar-refractivity contribution >= 4 is 17.4 Å². The fourth-order valence-corrected chi connectivity index (χ4v) is 3.39. The summed E-state index contributed by atoms with van der Waals surface area (Å²) in [6, 6.07) is 4.18. The van der Waals surface area contributed by atoms with Crippen LogP contribution >= 0.6 is 11.8 Å². The van der Waals surface area contributed by atoms with Gasteiger partial charge in [-0.2, -0.15) is 5.10 Å². The molecule has 0 fully saturated rings. The minimum atomic E-state index is 0.145. The van der Waals surface area contributed by atoms with Gasteiger partial charge in [-0.25, -0.2) is 4.98 Å². The molecule has 0 aromatic carbocycles. The summed E-state index contributed by atoms with van der Waals surface area (Å²) >= 11 is 1.86. The second kappa shape index (κ2) is 6.79. The molecule has 0 bridgehead atoms. The number of imidazole rings is 1. The van der Waals surface area contributed by atoms with Crippen LogP contribution in [0.5, 0.6) is 0 Å². The first-order valence-electron chi connectivity index (χ1n) is 8.00. The summed E-state index contributed by atoms with van der Waals surface area (Å²) in [5.74, 6) is 0. The average Bonchev–Trinajstić information content (AvgIpc) is 3.06. The first kappa shape index (κ1) is 17.6. The van der Waals surface area contributed by atoms with Crippen molar-refractivity contribution in [2.45, 2.75) is 51.2 Å². The molecule has 0 atom stereocenters. The second-order valence-electron chi connectivity index (χ2n) is 6.27. The van der Waals surface area contributed by atoms with Gasteiger partial charge in [0, 0.05) is 46.5 Å². The number of rotatable bonds is 2. The van der Waals surface area contributed by atoms with E-state index < -0.39 is 0 Å². The number of nitrogens with zero attached hydrogens (tertiary/aromatic N) is 4. The molecule has 5 heteroatoms. The van der Waals surface area contributed by atoms with Gasteiger partial charge in [-0.05, 0) is 19.1 Å². The van der Waals surface area contributed by atoms with Crippen LogP contribution in [0.1, 0.15) is 40.3 Å². The Morgan fingerprint density at radius 2 is 1.87 bits per heavy atom. The molecule has 23 heavy (non-hydrogen) atoms. The lowest BCUT2D eigenvalue weighted by Gasteiger charge is -2.20. The molecule has 0 spiro atoms. The molecule has 3 aromatic rings. The maximum absolute atomic E-state index is 4.55. The zero-order valence-electron chi connectivity index (χ0n) is 15.1. The highest BCUT2D eigenvalue weighted by atomic mass is 32.2. The van der Waals surface area contributed by atoms with Crippen LogP contribution in [0, 0.1) is 6.92 Å². The summed E-state index contributed by atoms with van der Waals surface area (Å²) in [5, 5.41) is 4.55. The van der Waals surface area contributed by atoms with E-state index in [1.165, 1.54) is 4.90 Å². The number of hydrogen-bond acceptors (Lipinski definition) is 3. The lowest BCUT2D eigenvalue weighted by atomic mass is 10.2. The van der Waals surface area contributed by atoms with E-state index in [1.807, 2.05) is 55.8 Å². The molecule has 0 N–H and O–H groups in total. The topological polar surface area (TPSA) is 35.1 Å². The number of pyridine rings is 1. The number of aromatic nitrogens is 4. The van der Waals surface area contributed by atoms with Crippen molar-refractivity contribution in [1.29, 1.82) is 0 Å². The van der Waals surface area contributed by atoms with Crippen LogP contribution in [0.2, 0.25) is 0 Å². The van der Waals surface area contributed by atoms with Crippen LogP contribution in [0.15, 0.2) is 35.6 Å². The second-order valence-corrected chi connectivity index (χ2v) is 8.14. The monoisotopic (exact) mass is 330 g/mol. The van der Waals surface area contributed by atoms with Crippen molar-refractivity contribution in [1.82, 2.24) is 19.2 Å². The predicted octanol–water partition coefficient (Wildman–Crippen LogP) is 4.96. The van der Waals surface area contributed by atoms with Crippen LogP contribution < -0.4 is 0 Å². The van der Waals surface area contributed by atoms with Gasteiger partial charge in [-0.3, -0.25) is 4.68 Å². The first-order valence-corrected chi connectivity index (χ1v) is 8.82. The van der Waals surface area contributed by atoms with Crippen molar-refractivity contribution < 1.29 is 0 Å². The molecule has 0 unspecified atom stereocenters. The van der Waals surface area contributed by atoms with Crippen LogP contribution in [0.4, 0.5) is 0 Å². The highest BCUT2D eigenvalue weighted by Gasteiger charge is 2.18. The van der Waals surface area contributed by atoms with E-state index in [-0.39, 0.29) is 4.75 Å². The molecule has 3 aromatic heterocycles. The largest absolute Gasteiger partial charge is 0.303 e. The maximum atomic E-state index is 4.55. The Morgan fingerprint density at radius 1 is 1.17 bits per heavy atom.